The predicted octanol–water partition coefficient (Wildman–Crippen LogP) is 3.13. The minimum atomic E-state index is -0.534. The fourth-order valence-corrected chi connectivity index (χ4v) is 2.20. The lowest BCUT2D eigenvalue weighted by atomic mass is 9.97. The van der Waals surface area contributed by atoms with E-state index < -0.39 is 6.09 Å². The summed E-state index contributed by atoms with van der Waals surface area (Å²) in [5.74, 6) is 1.32. The number of carbonyl (C=O) groups is 1. The largest absolute Gasteiger partial charge is 0.488 e. The van der Waals surface area contributed by atoms with Crippen LogP contribution in [0.4, 0.5) is 10.6 Å². The van der Waals surface area contributed by atoms with Crippen molar-refractivity contribution in [2.45, 2.75) is 13.5 Å². The van der Waals surface area contributed by atoms with Crippen LogP contribution in [0.3, 0.4) is 0 Å². The van der Waals surface area contributed by atoms with Gasteiger partial charge < -0.3 is 9.47 Å². The van der Waals surface area contributed by atoms with Gasteiger partial charge >= 0.3 is 6.09 Å². The minimum Gasteiger partial charge on any atom is -0.488 e. The molecule has 1 aromatic carbocycles. The Labute approximate surface area is 116 Å². The Balaban J connectivity index is 2.03. The molecular weight excluding hydrogens is 256 g/mol. The third-order valence-corrected chi connectivity index (χ3v) is 3.21. The van der Waals surface area contributed by atoms with Crippen molar-refractivity contribution in [1.82, 2.24) is 4.98 Å². The molecule has 0 bridgehead atoms. The number of anilines is 1. The Hall–Kier alpha value is -2.56. The second-order valence-electron chi connectivity index (χ2n) is 4.63. The van der Waals surface area contributed by atoms with E-state index in [1.54, 1.807) is 6.20 Å². The SMILES string of the molecule is COC(=O)Nc1cc2c(cn1)COc1cc(C)ccc1-2. The van der Waals surface area contributed by atoms with Gasteiger partial charge in [-0.15, -0.1) is 0 Å². The highest BCUT2D eigenvalue weighted by Gasteiger charge is 2.18. The lowest BCUT2D eigenvalue weighted by molar-refractivity contribution is 0.187. The number of amides is 1. The normalized spacial score (nSPS) is 11.9. The molecule has 0 saturated carbocycles. The molecule has 1 amide bonds. The zero-order valence-electron chi connectivity index (χ0n) is 11.3. The van der Waals surface area contributed by atoms with Crippen LogP contribution in [0.1, 0.15) is 11.1 Å². The van der Waals surface area contributed by atoms with Gasteiger partial charge in [0.15, 0.2) is 0 Å². The maximum atomic E-state index is 11.2. The molecule has 5 heteroatoms. The third-order valence-electron chi connectivity index (χ3n) is 3.21. The van der Waals surface area contributed by atoms with Crippen LogP contribution in [0.15, 0.2) is 30.5 Å². The molecule has 2 heterocycles. The zero-order valence-corrected chi connectivity index (χ0v) is 11.3. The first-order chi connectivity index (χ1) is 9.67. The van der Waals surface area contributed by atoms with Gasteiger partial charge in [-0.1, -0.05) is 12.1 Å². The van der Waals surface area contributed by atoms with Crippen LogP contribution in [0.25, 0.3) is 11.1 Å². The number of rotatable bonds is 1. The Kier molecular flexibility index (Phi) is 3.02. The van der Waals surface area contributed by atoms with Crippen molar-refractivity contribution in [3.8, 4) is 16.9 Å². The van der Waals surface area contributed by atoms with Crippen molar-refractivity contribution in [3.05, 3.63) is 41.6 Å². The average molecular weight is 270 g/mol. The molecule has 0 saturated heterocycles. The number of nitrogens with one attached hydrogen (secondary N) is 1. The Bertz CT molecular complexity index is 683. The first kappa shape index (κ1) is 12.5. The molecule has 0 unspecified atom stereocenters. The van der Waals surface area contributed by atoms with E-state index in [2.05, 4.69) is 15.0 Å². The Morgan fingerprint density at radius 1 is 1.35 bits per heavy atom. The molecule has 1 aliphatic heterocycles. The number of hydrogen-bond donors (Lipinski definition) is 1. The highest BCUT2D eigenvalue weighted by atomic mass is 16.5. The summed E-state index contributed by atoms with van der Waals surface area (Å²) in [6.07, 6.45) is 1.18. The number of pyridine rings is 1. The van der Waals surface area contributed by atoms with Crippen LogP contribution in [0, 0.1) is 6.92 Å². The number of benzene rings is 1. The summed E-state index contributed by atoms with van der Waals surface area (Å²) in [5, 5.41) is 2.57. The van der Waals surface area contributed by atoms with Gasteiger partial charge in [0.05, 0.1) is 7.11 Å². The topological polar surface area (TPSA) is 60.5 Å². The summed E-state index contributed by atoms with van der Waals surface area (Å²) < 4.78 is 10.3. The van der Waals surface area contributed by atoms with Crippen LogP contribution in [-0.2, 0) is 11.3 Å². The molecule has 102 valence electrons. The van der Waals surface area contributed by atoms with Crippen LogP contribution in [0.2, 0.25) is 0 Å². The van der Waals surface area contributed by atoms with Gasteiger partial charge in [-0.05, 0) is 30.2 Å². The van der Waals surface area contributed by atoms with Crippen molar-refractivity contribution in [1.29, 1.82) is 0 Å². The van der Waals surface area contributed by atoms with Crippen LogP contribution in [0.5, 0.6) is 5.75 Å². The quantitative estimate of drug-likeness (QED) is 0.864. The molecule has 1 aromatic heterocycles. The summed E-state index contributed by atoms with van der Waals surface area (Å²) in [6, 6.07) is 7.89. The highest BCUT2D eigenvalue weighted by Crippen LogP contribution is 2.38. The molecule has 1 aliphatic rings. The first-order valence-electron chi connectivity index (χ1n) is 6.25. The van der Waals surface area contributed by atoms with Gasteiger partial charge in [-0.2, -0.15) is 0 Å². The molecule has 1 N–H and O–H groups in total. The number of fused-ring (bicyclic) bond motifs is 3. The number of nitrogens with zero attached hydrogens (tertiary/aromatic N) is 1. The standard InChI is InChI=1S/C15H14N2O3/c1-9-3-4-11-12-6-14(17-15(18)19-2)16-7-10(12)8-20-13(11)5-9/h3-7H,8H2,1-2H3,(H,16,17,18). The monoisotopic (exact) mass is 270 g/mol. The van der Waals surface area contributed by atoms with E-state index in [0.717, 1.165) is 28.0 Å². The van der Waals surface area contributed by atoms with E-state index in [1.165, 1.54) is 7.11 Å². The second kappa shape index (κ2) is 4.85. The van der Waals surface area contributed by atoms with E-state index in [9.17, 15) is 4.79 Å². The smallest absolute Gasteiger partial charge is 0.412 e. The summed E-state index contributed by atoms with van der Waals surface area (Å²) >= 11 is 0. The molecule has 0 atom stereocenters. The molecular formula is C15H14N2O3. The summed E-state index contributed by atoms with van der Waals surface area (Å²) in [4.78, 5) is 15.4. The molecule has 0 spiro atoms. The van der Waals surface area contributed by atoms with Crippen LogP contribution >= 0.6 is 0 Å². The Morgan fingerprint density at radius 3 is 3.00 bits per heavy atom. The summed E-state index contributed by atoms with van der Waals surface area (Å²) in [5.41, 5.74) is 4.17. The van der Waals surface area contributed by atoms with E-state index in [4.69, 9.17) is 4.74 Å². The lowest BCUT2D eigenvalue weighted by Gasteiger charge is -2.21. The molecule has 0 aliphatic carbocycles. The van der Waals surface area contributed by atoms with Gasteiger partial charge in [0, 0.05) is 17.3 Å². The maximum Gasteiger partial charge on any atom is 0.412 e. The Morgan fingerprint density at radius 2 is 2.20 bits per heavy atom. The molecule has 3 rings (SSSR count). The molecule has 2 aromatic rings. The van der Waals surface area contributed by atoms with Gasteiger partial charge in [0.1, 0.15) is 18.2 Å². The van der Waals surface area contributed by atoms with Gasteiger partial charge in [-0.3, -0.25) is 5.32 Å². The van der Waals surface area contributed by atoms with E-state index >= 15 is 0 Å². The van der Waals surface area contributed by atoms with Gasteiger partial charge in [-0.25, -0.2) is 9.78 Å². The fraction of sp³-hybridized carbons (Fsp3) is 0.200. The summed E-state index contributed by atoms with van der Waals surface area (Å²) in [6.45, 7) is 2.51. The number of carbonyl (C=O) groups excluding carboxylic acids is 1. The van der Waals surface area contributed by atoms with E-state index in [1.807, 2.05) is 31.2 Å². The zero-order chi connectivity index (χ0) is 14.1. The molecule has 20 heavy (non-hydrogen) atoms. The second-order valence-corrected chi connectivity index (χ2v) is 4.63. The molecule has 5 nitrogen and oxygen atoms in total. The third kappa shape index (κ3) is 2.18. The van der Waals surface area contributed by atoms with Crippen molar-refractivity contribution in [2.75, 3.05) is 12.4 Å². The van der Waals surface area contributed by atoms with E-state index in [0.29, 0.717) is 12.4 Å². The first-order valence-corrected chi connectivity index (χ1v) is 6.25. The van der Waals surface area contributed by atoms with Crippen molar-refractivity contribution < 1.29 is 14.3 Å². The van der Waals surface area contributed by atoms with Gasteiger partial charge in [0.25, 0.3) is 0 Å². The van der Waals surface area contributed by atoms with Crippen LogP contribution < -0.4 is 10.1 Å². The average Bonchev–Trinajstić information content (AvgIpc) is 2.46. The number of methoxy groups -OCH3 is 1. The number of aromatic nitrogens is 1. The fourth-order valence-electron chi connectivity index (χ4n) is 2.20. The van der Waals surface area contributed by atoms with Crippen molar-refractivity contribution in [3.63, 3.8) is 0 Å². The summed E-state index contributed by atoms with van der Waals surface area (Å²) in [7, 11) is 1.32. The van der Waals surface area contributed by atoms with Crippen LogP contribution in [-0.4, -0.2) is 18.2 Å². The van der Waals surface area contributed by atoms with Gasteiger partial charge in [0.2, 0.25) is 0 Å². The lowest BCUT2D eigenvalue weighted by Crippen LogP contribution is -2.13. The number of hydrogen-bond acceptors (Lipinski definition) is 4. The maximum absolute atomic E-state index is 11.2. The van der Waals surface area contributed by atoms with Crippen molar-refractivity contribution in [2.24, 2.45) is 0 Å². The van der Waals surface area contributed by atoms with E-state index in [-0.39, 0.29) is 0 Å². The highest BCUT2D eigenvalue weighted by molar-refractivity contribution is 5.85. The van der Waals surface area contributed by atoms with Crippen molar-refractivity contribution >= 4 is 11.9 Å². The number of ether oxygens (including phenoxy) is 2. The molecule has 0 fully saturated rings. The molecule has 0 radical (unpaired) electrons. The predicted molar refractivity (Wildman–Crippen MR) is 74.8 cm³/mol. The minimum absolute atomic E-state index is 0.462. The number of aryl methyl sites for hydroxylation is 1.